The first kappa shape index (κ1) is 19.4. The number of hydrogen-bond donors (Lipinski definition) is 0. The molecule has 0 N–H and O–H groups in total. The minimum Gasteiger partial charge on any atom is -0.411 e. The van der Waals surface area contributed by atoms with Gasteiger partial charge in [0, 0.05) is 13.1 Å². The number of quaternary nitrogens is 1. The molecule has 0 spiro atoms. The Kier molecular flexibility index (Phi) is 12.8. The molecule has 0 unspecified atom stereocenters. The van der Waals surface area contributed by atoms with Gasteiger partial charge in [0.1, 0.15) is 0 Å². The highest BCUT2D eigenvalue weighted by Crippen LogP contribution is 2.00. The summed E-state index contributed by atoms with van der Waals surface area (Å²) in [4.78, 5) is 2.14. The van der Waals surface area contributed by atoms with E-state index in [-0.39, 0.29) is 0 Å². The lowest BCUT2D eigenvalue weighted by molar-refractivity contribution is -0.849. The van der Waals surface area contributed by atoms with Crippen molar-refractivity contribution in [3.05, 3.63) is 0 Å². The summed E-state index contributed by atoms with van der Waals surface area (Å²) in [7, 11) is 8.50. The largest absolute Gasteiger partial charge is 0.411 e. The van der Waals surface area contributed by atoms with Crippen molar-refractivity contribution in [2.75, 3.05) is 41.3 Å². The van der Waals surface area contributed by atoms with Crippen LogP contribution >= 0.6 is 12.2 Å². The van der Waals surface area contributed by atoms with Crippen molar-refractivity contribution >= 4 is 29.2 Å². The first-order chi connectivity index (χ1) is 7.72. The summed E-state index contributed by atoms with van der Waals surface area (Å²) in [5.41, 5.74) is 0. The SMILES string of the molecule is CCCCN(CCCC)C(=S)[S-].C[N+](C)(C)C. The van der Waals surface area contributed by atoms with Gasteiger partial charge in [-0.3, -0.25) is 0 Å². The van der Waals surface area contributed by atoms with Crippen molar-refractivity contribution < 1.29 is 4.48 Å². The summed E-state index contributed by atoms with van der Waals surface area (Å²) in [5.74, 6) is 0. The lowest BCUT2D eigenvalue weighted by Gasteiger charge is -2.28. The van der Waals surface area contributed by atoms with Gasteiger partial charge in [0.2, 0.25) is 0 Å². The monoisotopic (exact) mass is 278 g/mol. The van der Waals surface area contributed by atoms with Gasteiger partial charge in [-0.2, -0.15) is 0 Å². The minimum atomic E-state index is 0.636. The number of nitrogens with zero attached hydrogens (tertiary/aromatic N) is 2. The van der Waals surface area contributed by atoms with Crippen LogP contribution < -0.4 is 0 Å². The Hall–Kier alpha value is 0.0700. The van der Waals surface area contributed by atoms with Crippen molar-refractivity contribution in [1.29, 1.82) is 0 Å². The van der Waals surface area contributed by atoms with E-state index in [0.717, 1.165) is 17.6 Å². The van der Waals surface area contributed by atoms with Crippen LogP contribution in [0.15, 0.2) is 0 Å². The third kappa shape index (κ3) is 21.8. The summed E-state index contributed by atoms with van der Waals surface area (Å²) in [6, 6.07) is 0. The average molecular weight is 279 g/mol. The highest BCUT2D eigenvalue weighted by atomic mass is 32.1. The normalized spacial score (nSPS) is 10.5. The van der Waals surface area contributed by atoms with Crippen LogP contribution in [0.3, 0.4) is 0 Å². The molecule has 0 aromatic rings. The Balaban J connectivity index is 0. The molecule has 2 nitrogen and oxygen atoms in total. The summed E-state index contributed by atoms with van der Waals surface area (Å²) in [5, 5.41) is 0. The third-order valence-corrected chi connectivity index (χ3v) is 2.34. The van der Waals surface area contributed by atoms with Crippen LogP contribution in [0, 0.1) is 0 Å². The van der Waals surface area contributed by atoms with E-state index < -0.39 is 0 Å². The quantitative estimate of drug-likeness (QED) is 0.418. The summed E-state index contributed by atoms with van der Waals surface area (Å²) < 4.78 is 1.64. The molecule has 0 aliphatic heterocycles. The van der Waals surface area contributed by atoms with E-state index in [1.165, 1.54) is 25.7 Å². The van der Waals surface area contributed by atoms with Crippen molar-refractivity contribution in [1.82, 2.24) is 4.90 Å². The van der Waals surface area contributed by atoms with Crippen LogP contribution in [-0.2, 0) is 12.6 Å². The van der Waals surface area contributed by atoms with Gasteiger partial charge in [0.15, 0.2) is 0 Å². The van der Waals surface area contributed by atoms with E-state index >= 15 is 0 Å². The average Bonchev–Trinajstić information content (AvgIpc) is 2.15. The van der Waals surface area contributed by atoms with E-state index in [0.29, 0.717) is 4.32 Å². The van der Waals surface area contributed by atoms with Crippen LogP contribution in [-0.4, -0.2) is 55.0 Å². The molecule has 0 aliphatic rings. The predicted octanol–water partition coefficient (Wildman–Crippen LogP) is 3.04. The molecule has 0 saturated heterocycles. The van der Waals surface area contributed by atoms with Crippen molar-refractivity contribution in [3.63, 3.8) is 0 Å². The van der Waals surface area contributed by atoms with Crippen LogP contribution in [0.4, 0.5) is 0 Å². The molecule has 0 heterocycles. The van der Waals surface area contributed by atoms with Gasteiger partial charge in [-0.25, -0.2) is 0 Å². The van der Waals surface area contributed by atoms with Crippen molar-refractivity contribution in [2.24, 2.45) is 0 Å². The van der Waals surface area contributed by atoms with E-state index in [1.807, 2.05) is 0 Å². The molecular weight excluding hydrogens is 248 g/mol. The van der Waals surface area contributed by atoms with Crippen molar-refractivity contribution in [3.8, 4) is 0 Å². The first-order valence-corrected chi connectivity index (χ1v) is 7.28. The van der Waals surface area contributed by atoms with E-state index in [2.05, 4.69) is 46.9 Å². The molecule has 0 atom stereocenters. The smallest absolute Gasteiger partial charge is 0.0675 e. The maximum atomic E-state index is 4.98. The van der Waals surface area contributed by atoms with Gasteiger partial charge < -0.3 is 34.2 Å². The molecular formula is C13H30N2S2. The fourth-order valence-electron chi connectivity index (χ4n) is 0.992. The molecule has 0 aromatic heterocycles. The zero-order valence-electron chi connectivity index (χ0n) is 12.5. The Morgan fingerprint density at radius 3 is 1.47 bits per heavy atom. The van der Waals surface area contributed by atoms with Crippen LogP contribution in [0.25, 0.3) is 0 Å². The maximum Gasteiger partial charge on any atom is 0.0675 e. The molecule has 0 aromatic carbocycles. The van der Waals surface area contributed by atoms with Gasteiger partial charge in [0.25, 0.3) is 0 Å². The summed E-state index contributed by atoms with van der Waals surface area (Å²) >= 11 is 9.97. The van der Waals surface area contributed by atoms with Crippen LogP contribution in [0.1, 0.15) is 39.5 Å². The highest BCUT2D eigenvalue weighted by molar-refractivity contribution is 8.00. The second kappa shape index (κ2) is 11.2. The highest BCUT2D eigenvalue weighted by Gasteiger charge is 1.98. The molecule has 0 bridgehead atoms. The topological polar surface area (TPSA) is 3.24 Å². The Bertz CT molecular complexity index is 174. The molecule has 0 rings (SSSR count). The molecule has 17 heavy (non-hydrogen) atoms. The second-order valence-electron chi connectivity index (χ2n) is 5.64. The fourth-order valence-corrected chi connectivity index (χ4v) is 1.36. The first-order valence-electron chi connectivity index (χ1n) is 6.47. The Morgan fingerprint density at radius 2 is 1.29 bits per heavy atom. The van der Waals surface area contributed by atoms with E-state index in [9.17, 15) is 0 Å². The Labute approximate surface area is 119 Å². The van der Waals surface area contributed by atoms with Gasteiger partial charge in [0.05, 0.1) is 28.2 Å². The fraction of sp³-hybridized carbons (Fsp3) is 0.923. The van der Waals surface area contributed by atoms with Gasteiger partial charge in [-0.15, -0.1) is 0 Å². The zero-order valence-corrected chi connectivity index (χ0v) is 14.1. The molecule has 0 fully saturated rings. The second-order valence-corrected chi connectivity index (χ2v) is 6.68. The lowest BCUT2D eigenvalue weighted by atomic mass is 10.3. The minimum absolute atomic E-state index is 0.636. The van der Waals surface area contributed by atoms with Crippen LogP contribution in [0.2, 0.25) is 0 Å². The van der Waals surface area contributed by atoms with E-state index in [4.69, 9.17) is 24.8 Å². The molecule has 4 heteroatoms. The molecule has 0 radical (unpaired) electrons. The van der Waals surface area contributed by atoms with Gasteiger partial charge in [-0.05, 0) is 12.8 Å². The molecule has 0 amide bonds. The molecule has 0 aliphatic carbocycles. The number of thiocarbonyl (C=S) groups is 1. The number of rotatable bonds is 6. The number of hydrogen-bond acceptors (Lipinski definition) is 2. The van der Waals surface area contributed by atoms with Crippen LogP contribution in [0.5, 0.6) is 0 Å². The number of unbranched alkanes of at least 4 members (excludes halogenated alkanes) is 2. The zero-order chi connectivity index (χ0) is 13.9. The molecule has 0 saturated carbocycles. The van der Waals surface area contributed by atoms with Crippen molar-refractivity contribution in [2.45, 2.75) is 39.5 Å². The van der Waals surface area contributed by atoms with Gasteiger partial charge in [-0.1, -0.05) is 31.0 Å². The molecule has 104 valence electrons. The van der Waals surface area contributed by atoms with Gasteiger partial charge >= 0.3 is 0 Å². The summed E-state index contributed by atoms with van der Waals surface area (Å²) in [6.45, 7) is 6.45. The predicted molar refractivity (Wildman–Crippen MR) is 85.3 cm³/mol. The lowest BCUT2D eigenvalue weighted by Crippen LogP contribution is -2.29. The summed E-state index contributed by atoms with van der Waals surface area (Å²) in [6.07, 6.45) is 4.81. The maximum absolute atomic E-state index is 4.98. The third-order valence-electron chi connectivity index (χ3n) is 1.82. The standard InChI is InChI=1S/C9H19NS2.C4H12N/c1-3-5-7-10(9(11)12)8-6-4-2;1-5(2,3)4/h3-8H2,1-2H3,(H,11,12);1-4H3/q;+1/p-1. The van der Waals surface area contributed by atoms with E-state index in [1.54, 1.807) is 0 Å². The Morgan fingerprint density at radius 1 is 1.00 bits per heavy atom.